The number of rotatable bonds is 14. The van der Waals surface area contributed by atoms with Crippen molar-refractivity contribution in [2.45, 2.75) is 59.6 Å². The predicted molar refractivity (Wildman–Crippen MR) is 161 cm³/mol. The first-order valence-electron chi connectivity index (χ1n) is 14.5. The van der Waals surface area contributed by atoms with Gasteiger partial charge in [0.05, 0.1) is 19.2 Å². The number of allylic oxidation sites excluding steroid dienone is 1. The van der Waals surface area contributed by atoms with Gasteiger partial charge in [0.15, 0.2) is 0 Å². The van der Waals surface area contributed by atoms with Crippen LogP contribution in [0.5, 0.6) is 5.75 Å². The van der Waals surface area contributed by atoms with Gasteiger partial charge in [0.1, 0.15) is 12.4 Å². The highest BCUT2D eigenvalue weighted by molar-refractivity contribution is 5.89. The SMILES string of the molecule is C=CCC(CC)(CC)CC(=O)NCC(=O)N1CCN(Cc2cc(C)ccc2OCc2ccc(C(=O)OC)cc2)CC1. The Balaban J connectivity index is 1.49. The van der Waals surface area contributed by atoms with Gasteiger partial charge < -0.3 is 19.7 Å². The molecule has 1 N–H and O–H groups in total. The van der Waals surface area contributed by atoms with E-state index in [1.165, 1.54) is 7.11 Å². The van der Waals surface area contributed by atoms with Crippen molar-refractivity contribution in [1.29, 1.82) is 0 Å². The lowest BCUT2D eigenvalue weighted by Gasteiger charge is -2.35. The third-order valence-electron chi connectivity index (χ3n) is 8.15. The minimum Gasteiger partial charge on any atom is -0.489 e. The summed E-state index contributed by atoms with van der Waals surface area (Å²) in [5.74, 6) is 0.340. The smallest absolute Gasteiger partial charge is 0.337 e. The van der Waals surface area contributed by atoms with E-state index in [2.05, 4.69) is 43.6 Å². The maximum Gasteiger partial charge on any atom is 0.337 e. The van der Waals surface area contributed by atoms with Crippen LogP contribution < -0.4 is 10.1 Å². The van der Waals surface area contributed by atoms with E-state index in [9.17, 15) is 14.4 Å². The Morgan fingerprint density at radius 1 is 1.02 bits per heavy atom. The fourth-order valence-corrected chi connectivity index (χ4v) is 5.24. The Bertz CT molecular complexity index is 1180. The number of ether oxygens (including phenoxy) is 2. The summed E-state index contributed by atoms with van der Waals surface area (Å²) in [6.07, 6.45) is 4.88. The van der Waals surface area contributed by atoms with Crippen LogP contribution in [0.25, 0.3) is 0 Å². The molecule has 0 aliphatic carbocycles. The topological polar surface area (TPSA) is 88.2 Å². The molecule has 8 nitrogen and oxygen atoms in total. The Morgan fingerprint density at radius 3 is 2.32 bits per heavy atom. The molecule has 0 radical (unpaired) electrons. The van der Waals surface area contributed by atoms with E-state index in [0.717, 1.165) is 61.3 Å². The van der Waals surface area contributed by atoms with E-state index in [-0.39, 0.29) is 29.7 Å². The number of hydrogen-bond donors (Lipinski definition) is 1. The first kappa shape index (κ1) is 31.9. The molecule has 1 fully saturated rings. The number of hydrogen-bond acceptors (Lipinski definition) is 6. The van der Waals surface area contributed by atoms with Crippen LogP contribution in [-0.4, -0.2) is 67.4 Å². The van der Waals surface area contributed by atoms with Crippen LogP contribution in [0, 0.1) is 12.3 Å². The van der Waals surface area contributed by atoms with Crippen molar-refractivity contribution in [3.05, 3.63) is 77.4 Å². The minimum absolute atomic E-state index is 0.0346. The standard InChI is InChI=1S/C33H45N3O5/c1-6-15-33(7-2,8-3)21-30(37)34-22-31(38)36-18-16-35(17-19-36)23-28-20-25(4)9-14-29(28)41-24-26-10-12-27(13-11-26)32(39)40-5/h6,9-14,20H,1,7-8,15-19,21-24H2,2-5H3,(H,34,37). The van der Waals surface area contributed by atoms with Gasteiger partial charge in [-0.3, -0.25) is 14.5 Å². The van der Waals surface area contributed by atoms with Gasteiger partial charge in [-0.25, -0.2) is 4.79 Å². The lowest BCUT2D eigenvalue weighted by molar-refractivity contribution is -0.134. The molecule has 0 saturated carbocycles. The van der Waals surface area contributed by atoms with E-state index < -0.39 is 0 Å². The lowest BCUT2D eigenvalue weighted by atomic mass is 9.76. The van der Waals surface area contributed by atoms with Gasteiger partial charge in [-0.05, 0) is 55.4 Å². The average molecular weight is 564 g/mol. The molecule has 2 aromatic rings. The highest BCUT2D eigenvalue weighted by Gasteiger charge is 2.28. The molecular weight excluding hydrogens is 518 g/mol. The summed E-state index contributed by atoms with van der Waals surface area (Å²) in [6, 6.07) is 13.4. The summed E-state index contributed by atoms with van der Waals surface area (Å²) in [6.45, 7) is 14.0. The Hall–Kier alpha value is -3.65. The molecule has 1 aliphatic rings. The minimum atomic E-state index is -0.362. The van der Waals surface area contributed by atoms with Crippen LogP contribution in [0.3, 0.4) is 0 Å². The van der Waals surface area contributed by atoms with E-state index in [4.69, 9.17) is 9.47 Å². The maximum atomic E-state index is 12.8. The van der Waals surface area contributed by atoms with Gasteiger partial charge in [-0.1, -0.05) is 49.8 Å². The Labute approximate surface area is 244 Å². The molecule has 0 aromatic heterocycles. The highest BCUT2D eigenvalue weighted by atomic mass is 16.5. The third kappa shape index (κ3) is 9.18. The number of piperazine rings is 1. The number of carbonyl (C=O) groups is 3. The van der Waals surface area contributed by atoms with Gasteiger partial charge in [-0.2, -0.15) is 0 Å². The zero-order valence-electron chi connectivity index (χ0n) is 25.0. The van der Waals surface area contributed by atoms with E-state index in [1.54, 1.807) is 12.1 Å². The van der Waals surface area contributed by atoms with Crippen LogP contribution >= 0.6 is 0 Å². The molecule has 2 aromatic carbocycles. The van der Waals surface area contributed by atoms with Crippen molar-refractivity contribution < 1.29 is 23.9 Å². The predicted octanol–water partition coefficient (Wildman–Crippen LogP) is 4.89. The first-order chi connectivity index (χ1) is 19.7. The zero-order chi connectivity index (χ0) is 29.8. The molecule has 1 saturated heterocycles. The molecule has 1 heterocycles. The second-order valence-corrected chi connectivity index (χ2v) is 10.9. The fraction of sp³-hybridized carbons (Fsp3) is 0.485. The van der Waals surface area contributed by atoms with Gasteiger partial charge in [0.2, 0.25) is 11.8 Å². The summed E-state index contributed by atoms with van der Waals surface area (Å²) >= 11 is 0. The summed E-state index contributed by atoms with van der Waals surface area (Å²) < 4.78 is 10.9. The Kier molecular flexibility index (Phi) is 12.0. The molecule has 8 heteroatoms. The third-order valence-corrected chi connectivity index (χ3v) is 8.15. The number of esters is 1. The van der Waals surface area contributed by atoms with Gasteiger partial charge in [0.25, 0.3) is 0 Å². The van der Waals surface area contributed by atoms with Gasteiger partial charge in [0, 0.05) is 44.7 Å². The van der Waals surface area contributed by atoms with E-state index in [1.807, 2.05) is 35.2 Å². The van der Waals surface area contributed by atoms with Crippen molar-refractivity contribution in [1.82, 2.24) is 15.1 Å². The van der Waals surface area contributed by atoms with E-state index >= 15 is 0 Å². The largest absolute Gasteiger partial charge is 0.489 e. The number of carbonyl (C=O) groups excluding carboxylic acids is 3. The molecule has 222 valence electrons. The van der Waals surface area contributed by atoms with Gasteiger partial charge in [-0.15, -0.1) is 6.58 Å². The summed E-state index contributed by atoms with van der Waals surface area (Å²) in [4.78, 5) is 41.2. The monoisotopic (exact) mass is 563 g/mol. The van der Waals surface area contributed by atoms with Crippen LogP contribution in [-0.2, 0) is 27.5 Å². The zero-order valence-corrected chi connectivity index (χ0v) is 25.0. The second kappa shape index (κ2) is 15.4. The molecule has 2 amide bonds. The number of methoxy groups -OCH3 is 1. The van der Waals surface area contributed by atoms with Crippen molar-refractivity contribution in [3.63, 3.8) is 0 Å². The first-order valence-corrected chi connectivity index (χ1v) is 14.5. The molecule has 0 bridgehead atoms. The van der Waals surface area contributed by atoms with Gasteiger partial charge >= 0.3 is 5.97 Å². The maximum absolute atomic E-state index is 12.8. The van der Waals surface area contributed by atoms with E-state index in [0.29, 0.717) is 31.7 Å². The normalized spacial score (nSPS) is 13.9. The molecule has 0 atom stereocenters. The number of nitrogens with one attached hydrogen (secondary N) is 1. The van der Waals surface area contributed by atoms with Crippen LogP contribution in [0.15, 0.2) is 55.1 Å². The van der Waals surface area contributed by atoms with Crippen LogP contribution in [0.2, 0.25) is 0 Å². The molecule has 3 rings (SSSR count). The summed E-state index contributed by atoms with van der Waals surface area (Å²) in [7, 11) is 1.37. The summed E-state index contributed by atoms with van der Waals surface area (Å²) in [5, 5.41) is 2.85. The number of aryl methyl sites for hydroxylation is 1. The number of amides is 2. The molecule has 0 spiro atoms. The highest BCUT2D eigenvalue weighted by Crippen LogP contribution is 2.34. The number of benzene rings is 2. The van der Waals surface area contributed by atoms with Crippen LogP contribution in [0.1, 0.15) is 66.6 Å². The number of nitrogens with zero attached hydrogens (tertiary/aromatic N) is 2. The van der Waals surface area contributed by atoms with Crippen molar-refractivity contribution in [2.75, 3.05) is 39.8 Å². The fourth-order valence-electron chi connectivity index (χ4n) is 5.24. The summed E-state index contributed by atoms with van der Waals surface area (Å²) in [5.41, 5.74) is 3.62. The van der Waals surface area contributed by atoms with Crippen molar-refractivity contribution in [3.8, 4) is 5.75 Å². The average Bonchev–Trinajstić information content (AvgIpc) is 2.99. The Morgan fingerprint density at radius 2 is 1.71 bits per heavy atom. The molecule has 1 aliphatic heterocycles. The molecule has 0 unspecified atom stereocenters. The molecular formula is C33H45N3O5. The van der Waals surface area contributed by atoms with Crippen molar-refractivity contribution in [2.24, 2.45) is 5.41 Å². The molecule has 41 heavy (non-hydrogen) atoms. The van der Waals surface area contributed by atoms with Crippen molar-refractivity contribution >= 4 is 17.8 Å². The van der Waals surface area contributed by atoms with Crippen LogP contribution in [0.4, 0.5) is 0 Å². The second-order valence-electron chi connectivity index (χ2n) is 10.9. The quantitative estimate of drug-likeness (QED) is 0.260. The lowest BCUT2D eigenvalue weighted by Crippen LogP contribution is -2.51.